The number of carbonyl (C=O) groups is 3. The molecule has 4 aromatic rings. The van der Waals surface area contributed by atoms with Gasteiger partial charge in [-0.15, -0.1) is 21.5 Å². The van der Waals surface area contributed by atoms with Crippen LogP contribution in [0.3, 0.4) is 0 Å². The predicted octanol–water partition coefficient (Wildman–Crippen LogP) is 3.89. The number of piperidine rings is 1. The zero-order valence-corrected chi connectivity index (χ0v) is 30.7. The highest BCUT2D eigenvalue weighted by molar-refractivity contribution is 7.13. The number of aromatic nitrogens is 3. The molecule has 2 fully saturated rings. The van der Waals surface area contributed by atoms with Gasteiger partial charge in [-0.2, -0.15) is 0 Å². The summed E-state index contributed by atoms with van der Waals surface area (Å²) < 4.78 is 0. The summed E-state index contributed by atoms with van der Waals surface area (Å²) in [6.07, 6.45) is 0.290. The Labute approximate surface area is 307 Å². The van der Waals surface area contributed by atoms with Crippen LogP contribution in [0.4, 0.5) is 11.5 Å². The quantitative estimate of drug-likeness (QED) is 0.169. The van der Waals surface area contributed by atoms with Crippen molar-refractivity contribution in [3.8, 4) is 27.4 Å². The van der Waals surface area contributed by atoms with E-state index in [0.717, 1.165) is 21.7 Å². The van der Waals surface area contributed by atoms with Gasteiger partial charge in [0.05, 0.1) is 33.6 Å². The molecule has 1 unspecified atom stereocenters. The fraction of sp³-hybridized carbons (Fsp3) is 0.421. The maximum Gasteiger partial charge on any atom is 0.246 e. The van der Waals surface area contributed by atoms with Gasteiger partial charge in [0, 0.05) is 44.1 Å². The van der Waals surface area contributed by atoms with E-state index in [1.165, 1.54) is 4.90 Å². The van der Waals surface area contributed by atoms with E-state index in [1.807, 2.05) is 57.5 Å². The van der Waals surface area contributed by atoms with E-state index in [1.54, 1.807) is 41.7 Å². The molecule has 6 rings (SSSR count). The molecule has 274 valence electrons. The third kappa shape index (κ3) is 8.02. The van der Waals surface area contributed by atoms with E-state index in [0.29, 0.717) is 42.9 Å². The number of aromatic hydroxyl groups is 1. The number of aliphatic hydroxyl groups excluding tert-OH is 1. The van der Waals surface area contributed by atoms with Crippen molar-refractivity contribution in [3.05, 3.63) is 71.4 Å². The Morgan fingerprint density at radius 1 is 1.04 bits per heavy atom. The first-order chi connectivity index (χ1) is 24.8. The number of nitrogens with zero attached hydrogens (tertiary/aromatic N) is 5. The Balaban J connectivity index is 1.07. The second-order valence-electron chi connectivity index (χ2n) is 14.7. The number of nitrogens with two attached hydrogens (primary N) is 1. The van der Waals surface area contributed by atoms with E-state index in [4.69, 9.17) is 5.73 Å². The highest BCUT2D eigenvalue weighted by atomic mass is 32.1. The van der Waals surface area contributed by atoms with Crippen LogP contribution in [0.2, 0.25) is 0 Å². The minimum Gasteiger partial charge on any atom is -0.507 e. The molecule has 3 amide bonds. The molecule has 13 nitrogen and oxygen atoms in total. The lowest BCUT2D eigenvalue weighted by atomic mass is 9.84. The van der Waals surface area contributed by atoms with Gasteiger partial charge in [0.2, 0.25) is 17.7 Å². The number of carbonyl (C=O) groups excluding carboxylic acids is 3. The van der Waals surface area contributed by atoms with Crippen molar-refractivity contribution < 1.29 is 24.6 Å². The Morgan fingerprint density at radius 3 is 2.40 bits per heavy atom. The lowest BCUT2D eigenvalue weighted by Crippen LogP contribution is -2.58. The largest absolute Gasteiger partial charge is 0.507 e. The third-order valence-electron chi connectivity index (χ3n) is 9.88. The topological polar surface area (TPSA) is 187 Å². The number of phenolic OH excluding ortho intramolecular Hbond substituents is 1. The number of para-hydroxylation sites is 1. The predicted molar refractivity (Wildman–Crippen MR) is 200 cm³/mol. The monoisotopic (exact) mass is 726 g/mol. The second kappa shape index (κ2) is 15.3. The number of rotatable bonds is 9. The number of anilines is 2. The van der Waals surface area contributed by atoms with Crippen molar-refractivity contribution >= 4 is 40.6 Å². The van der Waals surface area contributed by atoms with Crippen molar-refractivity contribution in [1.82, 2.24) is 30.7 Å². The summed E-state index contributed by atoms with van der Waals surface area (Å²) in [4.78, 5) is 50.2. The maximum absolute atomic E-state index is 14.1. The molecular weight excluding hydrogens is 681 g/mol. The van der Waals surface area contributed by atoms with Crippen LogP contribution >= 0.6 is 11.3 Å². The van der Waals surface area contributed by atoms with Crippen LogP contribution in [0, 0.1) is 18.3 Å². The number of hydrogen-bond acceptors (Lipinski definition) is 11. The lowest BCUT2D eigenvalue weighted by Gasteiger charge is -2.37. The molecule has 2 aromatic carbocycles. The van der Waals surface area contributed by atoms with E-state index in [2.05, 4.69) is 30.7 Å². The molecule has 2 aliphatic heterocycles. The van der Waals surface area contributed by atoms with Gasteiger partial charge < -0.3 is 36.4 Å². The summed E-state index contributed by atoms with van der Waals surface area (Å²) in [6.45, 7) is 8.91. The highest BCUT2D eigenvalue weighted by Crippen LogP contribution is 2.34. The number of phenols is 1. The van der Waals surface area contributed by atoms with Crippen molar-refractivity contribution in [2.24, 2.45) is 11.3 Å². The molecular formula is C38H46N8O5S. The average Bonchev–Trinajstić information content (AvgIpc) is 3.74. The van der Waals surface area contributed by atoms with E-state index >= 15 is 0 Å². The van der Waals surface area contributed by atoms with Gasteiger partial charge >= 0.3 is 0 Å². The summed E-state index contributed by atoms with van der Waals surface area (Å²) in [5, 5.41) is 35.2. The first-order valence-corrected chi connectivity index (χ1v) is 18.4. The number of nitrogens with one attached hydrogen (secondary N) is 2. The van der Waals surface area contributed by atoms with Crippen molar-refractivity contribution in [3.63, 3.8) is 0 Å². The van der Waals surface area contributed by atoms with Crippen molar-refractivity contribution in [2.45, 2.75) is 71.7 Å². The number of likely N-dealkylation sites (tertiary alicyclic amines) is 1. The Hall–Kier alpha value is -5.08. The van der Waals surface area contributed by atoms with Crippen LogP contribution in [0.25, 0.3) is 21.7 Å². The summed E-state index contributed by atoms with van der Waals surface area (Å²) in [6, 6.07) is 14.8. The number of β-amino-alcohol motifs (C(OH)–C–C–N with tert-alkyl or cyclic N) is 1. The third-order valence-corrected chi connectivity index (χ3v) is 10.9. The Bertz CT molecular complexity index is 1920. The molecule has 0 aliphatic carbocycles. The lowest BCUT2D eigenvalue weighted by molar-refractivity contribution is -0.144. The van der Waals surface area contributed by atoms with Crippen LogP contribution in [0.5, 0.6) is 5.75 Å². The van der Waals surface area contributed by atoms with E-state index in [-0.39, 0.29) is 48.8 Å². The molecule has 0 spiro atoms. The van der Waals surface area contributed by atoms with Gasteiger partial charge in [-0.05, 0) is 54.5 Å². The van der Waals surface area contributed by atoms with E-state index < -0.39 is 29.5 Å². The van der Waals surface area contributed by atoms with Gasteiger partial charge in [0.1, 0.15) is 17.8 Å². The summed E-state index contributed by atoms with van der Waals surface area (Å²) in [5.74, 6) is -0.989. The number of amides is 3. The van der Waals surface area contributed by atoms with Crippen LogP contribution < -0.4 is 21.3 Å². The molecule has 0 bridgehead atoms. The minimum atomic E-state index is -0.914. The zero-order valence-electron chi connectivity index (χ0n) is 29.9. The number of aryl methyl sites for hydroxylation is 1. The van der Waals surface area contributed by atoms with Gasteiger partial charge in [-0.3, -0.25) is 14.4 Å². The highest BCUT2D eigenvalue weighted by Gasteiger charge is 2.45. The number of thiazole rings is 1. The van der Waals surface area contributed by atoms with Crippen LogP contribution in [0.15, 0.2) is 60.1 Å². The molecule has 2 aliphatic rings. The molecule has 0 radical (unpaired) electrons. The summed E-state index contributed by atoms with van der Waals surface area (Å²) in [7, 11) is 0. The molecule has 0 saturated carbocycles. The van der Waals surface area contributed by atoms with Crippen LogP contribution in [-0.4, -0.2) is 85.8 Å². The van der Waals surface area contributed by atoms with Crippen LogP contribution in [-0.2, 0) is 20.9 Å². The fourth-order valence-electron chi connectivity index (χ4n) is 6.89. The number of nitrogen functional groups attached to an aromatic ring is 1. The number of benzene rings is 2. The van der Waals surface area contributed by atoms with Crippen molar-refractivity contribution in [1.29, 1.82) is 0 Å². The normalized spacial score (nSPS) is 18.6. The van der Waals surface area contributed by atoms with E-state index in [9.17, 15) is 24.6 Å². The molecule has 2 aromatic heterocycles. The van der Waals surface area contributed by atoms with Gasteiger partial charge in [-0.25, -0.2) is 4.98 Å². The smallest absolute Gasteiger partial charge is 0.246 e. The minimum absolute atomic E-state index is 0.00475. The van der Waals surface area contributed by atoms with Gasteiger partial charge in [0.15, 0.2) is 5.82 Å². The average molecular weight is 727 g/mol. The molecule has 2 saturated heterocycles. The summed E-state index contributed by atoms with van der Waals surface area (Å²) >= 11 is 1.58. The first-order valence-electron chi connectivity index (χ1n) is 17.5. The number of aliphatic hydroxyl groups is 1. The molecule has 52 heavy (non-hydrogen) atoms. The Morgan fingerprint density at radius 2 is 1.75 bits per heavy atom. The molecule has 6 N–H and O–H groups in total. The van der Waals surface area contributed by atoms with Gasteiger partial charge in [0.25, 0.3) is 0 Å². The maximum atomic E-state index is 14.1. The zero-order chi connectivity index (χ0) is 37.2. The molecule has 3 atom stereocenters. The first kappa shape index (κ1) is 36.7. The van der Waals surface area contributed by atoms with Gasteiger partial charge in [-0.1, -0.05) is 57.2 Å². The Kier molecular flexibility index (Phi) is 10.8. The number of hydrogen-bond donors (Lipinski definition) is 5. The fourth-order valence-corrected chi connectivity index (χ4v) is 7.70. The SMILES string of the molecule is Cc1ncsc1-c1ccc(CNC(=O)[C@@H]2C[C@@H](O)CN2C(=O)C(NC(=O)C2CCN(c3cc(-c4ccccc4O)nnc3N)CC2)C(C)(C)C)cc1. The molecule has 14 heteroatoms. The van der Waals surface area contributed by atoms with Crippen molar-refractivity contribution in [2.75, 3.05) is 30.3 Å². The summed E-state index contributed by atoms with van der Waals surface area (Å²) in [5.41, 5.74) is 12.0. The molecule has 4 heterocycles. The van der Waals surface area contributed by atoms with Crippen LogP contribution in [0.1, 0.15) is 51.3 Å². The standard InChI is InChI=1S/C38H46N8O5S/c1-22-32(52-21-41-22)24-11-9-23(10-12-24)19-40-36(50)30-17-26(47)20-46(30)37(51)33(38(2,3)4)42-35(49)25-13-15-45(16-14-25)29-18-28(43-44-34(29)39)27-7-5-6-8-31(27)48/h5-12,18,21,25-26,30,33,47-48H,13-17,19-20H2,1-4H3,(H2,39,44)(H,40,50)(H,42,49)/t26-,30+,33?/m1/s1. The second-order valence-corrected chi connectivity index (χ2v) is 15.5.